The molecule has 62 valence electrons. The van der Waals surface area contributed by atoms with Gasteiger partial charge in [0, 0.05) is 6.00 Å². The molecule has 1 saturated heterocycles. The van der Waals surface area contributed by atoms with Crippen molar-refractivity contribution in [2.45, 2.75) is 30.7 Å². The molecule has 0 aromatic carbocycles. The second-order valence-electron chi connectivity index (χ2n) is 2.99. The Morgan fingerprint density at radius 2 is 2.09 bits per heavy atom. The van der Waals surface area contributed by atoms with Crippen LogP contribution < -0.4 is 0 Å². The average Bonchev–Trinajstić information content (AvgIpc) is 2.17. The Kier molecular flexibility index (Phi) is 2.25. The summed E-state index contributed by atoms with van der Waals surface area (Å²) in [6.45, 7) is 1.13. The van der Waals surface area contributed by atoms with Crippen molar-refractivity contribution in [3.8, 4) is 0 Å². The van der Waals surface area contributed by atoms with Gasteiger partial charge in [0.05, 0.1) is 6.61 Å². The molecule has 11 heavy (non-hydrogen) atoms. The largest absolute Gasteiger partial charge is 0.393 e. The zero-order chi connectivity index (χ0) is 8.65. The average molecular weight is 158 g/mol. The maximum absolute atomic E-state index is 9.27. The lowest BCUT2D eigenvalue weighted by Crippen LogP contribution is -2.43. The van der Waals surface area contributed by atoms with Gasteiger partial charge in [-0.2, -0.15) is 0 Å². The van der Waals surface area contributed by atoms with Crippen molar-refractivity contribution in [1.29, 1.82) is 0 Å². The zero-order valence-corrected chi connectivity index (χ0v) is 6.27. The van der Waals surface area contributed by atoms with Crippen LogP contribution in [0, 0.1) is 0 Å². The van der Waals surface area contributed by atoms with E-state index in [1.54, 1.807) is 0 Å². The van der Waals surface area contributed by atoms with Crippen molar-refractivity contribution in [3.05, 3.63) is 0 Å². The third kappa shape index (κ3) is 1.29. The maximum Gasteiger partial charge on any atom is 0.116 e. The highest BCUT2D eigenvalue weighted by Crippen LogP contribution is 2.28. The van der Waals surface area contributed by atoms with Crippen molar-refractivity contribution in [3.63, 3.8) is 0 Å². The van der Waals surface area contributed by atoms with Crippen molar-refractivity contribution < 1.29 is 20.1 Å². The first kappa shape index (κ1) is 9.00. The van der Waals surface area contributed by atoms with Gasteiger partial charge in [0.25, 0.3) is 0 Å². The first-order valence-electron chi connectivity index (χ1n) is 3.41. The third-order valence-corrected chi connectivity index (χ3v) is 2.01. The monoisotopic (exact) mass is 158 g/mol. The van der Waals surface area contributed by atoms with Crippen LogP contribution in [0.1, 0.15) is 6.92 Å². The molecule has 1 heterocycles. The van der Waals surface area contributed by atoms with E-state index in [9.17, 15) is 5.11 Å². The fourth-order valence-electron chi connectivity index (χ4n) is 1.12. The number of rotatable bonds is 1. The minimum absolute atomic E-state index is 0.362. The summed E-state index contributed by atoms with van der Waals surface area (Å²) in [6.07, 6.45) is -2.24. The van der Waals surface area contributed by atoms with Crippen LogP contribution in [0.5, 0.6) is 0 Å². The fourth-order valence-corrected chi connectivity index (χ4v) is 1.12. The molecule has 0 aliphatic carbocycles. The standard InChI is InChI=1S/C6H11BO4/c1-6(2-8)4(10)3(9)5(7)11-6/h3-5,8-10H,2H2,1H3. The molecule has 0 spiro atoms. The van der Waals surface area contributed by atoms with Crippen LogP contribution in [0.15, 0.2) is 0 Å². The molecule has 0 bridgehead atoms. The summed E-state index contributed by atoms with van der Waals surface area (Å²) in [5.74, 6) is 0. The van der Waals surface area contributed by atoms with Crippen LogP contribution >= 0.6 is 0 Å². The van der Waals surface area contributed by atoms with E-state index in [0.29, 0.717) is 0 Å². The van der Waals surface area contributed by atoms with Crippen LogP contribution in [0.2, 0.25) is 0 Å². The highest BCUT2D eigenvalue weighted by atomic mass is 16.6. The molecule has 0 saturated carbocycles. The summed E-state index contributed by atoms with van der Waals surface area (Å²) in [4.78, 5) is 0. The van der Waals surface area contributed by atoms with Gasteiger partial charge in [0.1, 0.15) is 25.7 Å². The topological polar surface area (TPSA) is 69.9 Å². The van der Waals surface area contributed by atoms with Crippen LogP contribution in [0.4, 0.5) is 0 Å². The van der Waals surface area contributed by atoms with Gasteiger partial charge in [-0.3, -0.25) is 0 Å². The zero-order valence-electron chi connectivity index (χ0n) is 6.27. The lowest BCUT2D eigenvalue weighted by atomic mass is 9.90. The quantitative estimate of drug-likeness (QED) is 0.385. The van der Waals surface area contributed by atoms with E-state index in [0.717, 1.165) is 0 Å². The Morgan fingerprint density at radius 1 is 1.55 bits per heavy atom. The number of hydrogen-bond acceptors (Lipinski definition) is 4. The molecule has 1 aliphatic heterocycles. The van der Waals surface area contributed by atoms with Crippen LogP contribution in [-0.2, 0) is 4.74 Å². The molecule has 1 rings (SSSR count). The second kappa shape index (κ2) is 2.75. The van der Waals surface area contributed by atoms with E-state index < -0.39 is 23.8 Å². The number of aliphatic hydroxyl groups is 3. The van der Waals surface area contributed by atoms with Gasteiger partial charge in [0.2, 0.25) is 0 Å². The van der Waals surface area contributed by atoms with Crippen LogP contribution in [0.25, 0.3) is 0 Å². The minimum atomic E-state index is -1.13. The first-order valence-corrected chi connectivity index (χ1v) is 3.41. The van der Waals surface area contributed by atoms with Gasteiger partial charge in [-0.25, -0.2) is 0 Å². The van der Waals surface area contributed by atoms with E-state index in [1.807, 2.05) is 0 Å². The van der Waals surface area contributed by atoms with Gasteiger partial charge in [-0.05, 0) is 6.92 Å². The third-order valence-electron chi connectivity index (χ3n) is 2.01. The molecule has 1 aliphatic rings. The van der Waals surface area contributed by atoms with E-state index in [1.165, 1.54) is 6.92 Å². The van der Waals surface area contributed by atoms with Crippen molar-refractivity contribution in [2.24, 2.45) is 0 Å². The van der Waals surface area contributed by atoms with Gasteiger partial charge in [-0.15, -0.1) is 0 Å². The molecule has 4 nitrogen and oxygen atoms in total. The molecule has 1 fully saturated rings. The molecule has 4 atom stereocenters. The van der Waals surface area contributed by atoms with E-state index in [-0.39, 0.29) is 6.61 Å². The van der Waals surface area contributed by atoms with Crippen LogP contribution in [0.3, 0.4) is 0 Å². The molecule has 3 N–H and O–H groups in total. The van der Waals surface area contributed by atoms with Gasteiger partial charge in [0.15, 0.2) is 0 Å². The number of ether oxygens (including phenoxy) is 1. The van der Waals surface area contributed by atoms with Crippen molar-refractivity contribution in [2.75, 3.05) is 6.61 Å². The lowest BCUT2D eigenvalue weighted by molar-refractivity contribution is -0.0865. The fraction of sp³-hybridized carbons (Fsp3) is 1.00. The highest BCUT2D eigenvalue weighted by Gasteiger charge is 2.48. The minimum Gasteiger partial charge on any atom is -0.393 e. The highest BCUT2D eigenvalue weighted by molar-refractivity contribution is 6.11. The molecule has 0 aromatic heterocycles. The Labute approximate surface area is 66.2 Å². The Balaban J connectivity index is 2.73. The first-order chi connectivity index (χ1) is 5.01. The maximum atomic E-state index is 9.27. The lowest BCUT2D eigenvalue weighted by Gasteiger charge is -2.24. The predicted molar refractivity (Wildman–Crippen MR) is 38.1 cm³/mol. The molecule has 0 aromatic rings. The Hall–Kier alpha value is -0.0951. The Morgan fingerprint density at radius 3 is 2.27 bits per heavy atom. The normalized spacial score (nSPS) is 51.5. The summed E-state index contributed by atoms with van der Waals surface area (Å²) in [5, 5.41) is 27.2. The Bertz CT molecular complexity index is 154. The van der Waals surface area contributed by atoms with Crippen molar-refractivity contribution >= 4 is 7.85 Å². The molecular formula is C6H11BO4. The van der Waals surface area contributed by atoms with Crippen LogP contribution in [-0.4, -0.2) is 53.6 Å². The predicted octanol–water partition coefficient (Wildman–Crippen LogP) is -2.02. The summed E-state index contributed by atoms with van der Waals surface area (Å²) < 4.78 is 4.95. The summed E-state index contributed by atoms with van der Waals surface area (Å²) in [6, 6.07) is -0.915. The van der Waals surface area contributed by atoms with Gasteiger partial charge < -0.3 is 20.1 Å². The number of aliphatic hydroxyl groups excluding tert-OH is 3. The SMILES string of the molecule is [B]C1OC(C)(CO)C(O)C1O. The second-order valence-corrected chi connectivity index (χ2v) is 2.99. The molecule has 0 amide bonds. The van der Waals surface area contributed by atoms with E-state index in [2.05, 4.69) is 0 Å². The smallest absolute Gasteiger partial charge is 0.116 e. The molecule has 2 radical (unpaired) electrons. The molecular weight excluding hydrogens is 147 g/mol. The van der Waals surface area contributed by atoms with Gasteiger partial charge in [-0.1, -0.05) is 0 Å². The van der Waals surface area contributed by atoms with E-state index in [4.69, 9.17) is 22.8 Å². The summed E-state index contributed by atoms with van der Waals surface area (Å²) >= 11 is 0. The summed E-state index contributed by atoms with van der Waals surface area (Å²) in [7, 11) is 5.28. The van der Waals surface area contributed by atoms with Crippen molar-refractivity contribution in [1.82, 2.24) is 0 Å². The van der Waals surface area contributed by atoms with Gasteiger partial charge >= 0.3 is 0 Å². The summed E-state index contributed by atoms with van der Waals surface area (Å²) in [5.41, 5.74) is -1.13. The molecule has 5 heteroatoms. The number of hydrogen-bond donors (Lipinski definition) is 3. The van der Waals surface area contributed by atoms with E-state index >= 15 is 0 Å². The molecule has 4 unspecified atom stereocenters.